The van der Waals surface area contributed by atoms with Gasteiger partial charge in [-0.1, -0.05) is 13.8 Å². The summed E-state index contributed by atoms with van der Waals surface area (Å²) in [5, 5.41) is 25.2. The first-order valence-electron chi connectivity index (χ1n) is 11.2. The molecule has 36 heavy (non-hydrogen) atoms. The summed E-state index contributed by atoms with van der Waals surface area (Å²) in [7, 11) is 0. The van der Waals surface area contributed by atoms with Gasteiger partial charge in [-0.3, -0.25) is 24.0 Å². The minimum absolute atomic E-state index is 0.0484. The normalized spacial score (nSPS) is 14.2. The van der Waals surface area contributed by atoms with Crippen molar-refractivity contribution in [3.8, 4) is 0 Å². The maximum Gasteiger partial charge on any atom is 0.326 e. The van der Waals surface area contributed by atoms with Crippen LogP contribution in [0.15, 0.2) is 12.5 Å². The molecule has 1 rings (SSSR count). The predicted octanol–water partition coefficient (Wildman–Crippen LogP) is -2.40. The monoisotopic (exact) mass is 511 g/mol. The summed E-state index contributed by atoms with van der Waals surface area (Å²) in [5.41, 5.74) is 11.6. The molecule has 0 fully saturated rings. The van der Waals surface area contributed by atoms with Crippen molar-refractivity contribution in [2.24, 2.45) is 17.4 Å². The number of H-pyrrole nitrogens is 1. The molecule has 0 saturated heterocycles. The Labute approximate surface area is 206 Å². The number of aromatic amines is 1. The number of carbonyl (C=O) groups is 6. The van der Waals surface area contributed by atoms with Crippen molar-refractivity contribution in [2.45, 2.75) is 70.1 Å². The molecule has 1 aromatic heterocycles. The van der Waals surface area contributed by atoms with Crippen LogP contribution in [0.2, 0.25) is 0 Å². The summed E-state index contributed by atoms with van der Waals surface area (Å²) in [5.74, 6) is -6.31. The second-order valence-corrected chi connectivity index (χ2v) is 8.64. The number of hydrogen-bond acceptors (Lipinski definition) is 8. The molecular weight excluding hydrogens is 478 g/mol. The number of amides is 4. The zero-order valence-electron chi connectivity index (χ0n) is 20.0. The van der Waals surface area contributed by atoms with Crippen LogP contribution in [0.25, 0.3) is 0 Å². The molecule has 4 unspecified atom stereocenters. The highest BCUT2D eigenvalue weighted by Gasteiger charge is 2.31. The number of nitrogens with zero attached hydrogens (tertiary/aromatic N) is 1. The van der Waals surface area contributed by atoms with Crippen LogP contribution >= 0.6 is 0 Å². The van der Waals surface area contributed by atoms with Crippen molar-refractivity contribution >= 4 is 35.6 Å². The lowest BCUT2D eigenvalue weighted by Gasteiger charge is -2.25. The van der Waals surface area contributed by atoms with Gasteiger partial charge in [0.05, 0.1) is 18.8 Å². The standard InChI is InChI=1S/C21H33N7O8/c1-10(2)5-15(21(35)36)28-19(33)13(3-4-17(30)31)26-20(34)14(7-16(23)29)27-18(32)12(22)6-11-8-24-9-25-11/h8-10,12-15H,3-7,22H2,1-2H3,(H2,23,29)(H,24,25)(H,26,34)(H,27,32)(H,28,33)(H,30,31)(H,35,36). The van der Waals surface area contributed by atoms with Crippen LogP contribution in [-0.4, -0.2) is 79.9 Å². The van der Waals surface area contributed by atoms with Crippen LogP contribution in [0.4, 0.5) is 0 Å². The number of nitrogens with two attached hydrogens (primary N) is 2. The Hall–Kier alpha value is -4.01. The number of aliphatic carboxylic acids is 2. The van der Waals surface area contributed by atoms with Gasteiger partial charge in [0.25, 0.3) is 0 Å². The van der Waals surface area contributed by atoms with Crippen LogP contribution in [0.1, 0.15) is 45.2 Å². The van der Waals surface area contributed by atoms with Gasteiger partial charge in [0.2, 0.25) is 23.6 Å². The topological polar surface area (TPSA) is 260 Å². The van der Waals surface area contributed by atoms with Crippen LogP contribution in [-0.2, 0) is 35.2 Å². The minimum Gasteiger partial charge on any atom is -0.481 e. The molecule has 0 saturated carbocycles. The fourth-order valence-electron chi connectivity index (χ4n) is 3.19. The van der Waals surface area contributed by atoms with Crippen LogP contribution in [0.3, 0.4) is 0 Å². The number of rotatable bonds is 16. The average molecular weight is 512 g/mol. The number of carboxylic acids is 2. The van der Waals surface area contributed by atoms with Crippen LogP contribution in [0, 0.1) is 5.92 Å². The third-order valence-electron chi connectivity index (χ3n) is 4.97. The second kappa shape index (κ2) is 14.4. The summed E-state index contributed by atoms with van der Waals surface area (Å²) in [6.45, 7) is 3.50. The lowest BCUT2D eigenvalue weighted by atomic mass is 10.0. The highest BCUT2D eigenvalue weighted by atomic mass is 16.4. The molecule has 0 aliphatic heterocycles. The average Bonchev–Trinajstić information content (AvgIpc) is 3.27. The second-order valence-electron chi connectivity index (χ2n) is 8.64. The zero-order chi connectivity index (χ0) is 27.4. The van der Waals surface area contributed by atoms with E-state index in [1.54, 1.807) is 13.8 Å². The Balaban J connectivity index is 2.99. The lowest BCUT2D eigenvalue weighted by Crippen LogP contribution is -2.58. The fraction of sp³-hybridized carbons (Fsp3) is 0.571. The van der Waals surface area contributed by atoms with E-state index in [2.05, 4.69) is 25.9 Å². The minimum atomic E-state index is -1.52. The number of nitrogens with one attached hydrogen (secondary N) is 4. The van der Waals surface area contributed by atoms with Crippen molar-refractivity contribution in [1.29, 1.82) is 0 Å². The quantitative estimate of drug-likeness (QED) is 0.117. The van der Waals surface area contributed by atoms with E-state index in [0.29, 0.717) is 5.69 Å². The number of hydrogen-bond donors (Lipinski definition) is 8. The van der Waals surface area contributed by atoms with Gasteiger partial charge in [-0.25, -0.2) is 9.78 Å². The van der Waals surface area contributed by atoms with Gasteiger partial charge in [-0.2, -0.15) is 0 Å². The molecule has 200 valence electrons. The summed E-state index contributed by atoms with van der Waals surface area (Å²) < 4.78 is 0. The Kier molecular flexibility index (Phi) is 12.0. The van der Waals surface area contributed by atoms with Crippen molar-refractivity contribution in [1.82, 2.24) is 25.9 Å². The summed E-state index contributed by atoms with van der Waals surface area (Å²) >= 11 is 0. The SMILES string of the molecule is CC(C)CC(NC(=O)C(CCC(=O)O)NC(=O)C(CC(N)=O)NC(=O)C(N)Cc1cnc[nH]1)C(=O)O. The Morgan fingerprint density at radius 3 is 2.06 bits per heavy atom. The molecule has 10 N–H and O–H groups in total. The maximum atomic E-state index is 12.9. The zero-order valence-corrected chi connectivity index (χ0v) is 20.0. The Bertz CT molecular complexity index is 935. The van der Waals surface area contributed by atoms with Gasteiger partial charge < -0.3 is 42.6 Å². The summed E-state index contributed by atoms with van der Waals surface area (Å²) in [6.07, 6.45) is 1.45. The Morgan fingerprint density at radius 2 is 1.56 bits per heavy atom. The molecule has 1 heterocycles. The molecule has 0 aliphatic rings. The van der Waals surface area contributed by atoms with Crippen LogP contribution in [0.5, 0.6) is 0 Å². The van der Waals surface area contributed by atoms with Gasteiger partial charge in [0.1, 0.15) is 18.1 Å². The van der Waals surface area contributed by atoms with E-state index >= 15 is 0 Å². The summed E-state index contributed by atoms with van der Waals surface area (Å²) in [6, 6.07) is -5.38. The Morgan fingerprint density at radius 1 is 0.972 bits per heavy atom. The number of primary amides is 1. The van der Waals surface area contributed by atoms with E-state index in [1.807, 2.05) is 0 Å². The van der Waals surface area contributed by atoms with E-state index in [-0.39, 0.29) is 25.2 Å². The number of imidazole rings is 1. The molecule has 0 radical (unpaired) electrons. The van der Waals surface area contributed by atoms with E-state index in [1.165, 1.54) is 12.5 Å². The molecule has 15 nitrogen and oxygen atoms in total. The van der Waals surface area contributed by atoms with Crippen LogP contribution < -0.4 is 27.4 Å². The third-order valence-corrected chi connectivity index (χ3v) is 4.97. The van der Waals surface area contributed by atoms with E-state index < -0.39 is 72.6 Å². The van der Waals surface area contributed by atoms with E-state index in [9.17, 15) is 33.9 Å². The van der Waals surface area contributed by atoms with Gasteiger partial charge in [-0.15, -0.1) is 0 Å². The van der Waals surface area contributed by atoms with Crippen molar-refractivity contribution in [2.75, 3.05) is 0 Å². The van der Waals surface area contributed by atoms with Crippen molar-refractivity contribution in [3.63, 3.8) is 0 Å². The first kappa shape index (κ1) is 30.0. The third kappa shape index (κ3) is 10.9. The molecule has 15 heteroatoms. The van der Waals surface area contributed by atoms with E-state index in [0.717, 1.165) is 0 Å². The van der Waals surface area contributed by atoms with Gasteiger partial charge in [-0.05, 0) is 18.8 Å². The highest BCUT2D eigenvalue weighted by molar-refractivity contribution is 5.96. The molecular formula is C21H33N7O8. The first-order valence-corrected chi connectivity index (χ1v) is 11.2. The lowest BCUT2D eigenvalue weighted by molar-refractivity contribution is -0.143. The molecule has 0 aromatic carbocycles. The molecule has 4 amide bonds. The molecule has 1 aromatic rings. The number of carboxylic acid groups (broad SMARTS) is 2. The molecule has 0 spiro atoms. The van der Waals surface area contributed by atoms with Gasteiger partial charge >= 0.3 is 11.9 Å². The van der Waals surface area contributed by atoms with Gasteiger partial charge in [0, 0.05) is 24.7 Å². The molecule has 0 aliphatic carbocycles. The maximum absolute atomic E-state index is 12.9. The summed E-state index contributed by atoms with van der Waals surface area (Å²) in [4.78, 5) is 78.7. The molecule has 4 atom stereocenters. The first-order chi connectivity index (χ1) is 16.8. The number of aromatic nitrogens is 2. The smallest absolute Gasteiger partial charge is 0.326 e. The number of carbonyl (C=O) groups excluding carboxylic acids is 4. The van der Waals surface area contributed by atoms with Gasteiger partial charge in [0.15, 0.2) is 0 Å². The largest absolute Gasteiger partial charge is 0.481 e. The molecule has 0 bridgehead atoms. The predicted molar refractivity (Wildman–Crippen MR) is 124 cm³/mol. The van der Waals surface area contributed by atoms with E-state index in [4.69, 9.17) is 16.6 Å². The van der Waals surface area contributed by atoms with Crippen molar-refractivity contribution < 1.29 is 39.0 Å². The van der Waals surface area contributed by atoms with Crippen molar-refractivity contribution in [3.05, 3.63) is 18.2 Å². The highest BCUT2D eigenvalue weighted by Crippen LogP contribution is 2.08. The fourth-order valence-corrected chi connectivity index (χ4v) is 3.19.